The van der Waals surface area contributed by atoms with Crippen molar-refractivity contribution in [3.05, 3.63) is 29.6 Å². The zero-order valence-corrected chi connectivity index (χ0v) is 12.0. The summed E-state index contributed by atoms with van der Waals surface area (Å²) in [6.07, 6.45) is 0. The predicted molar refractivity (Wildman–Crippen MR) is 73.6 cm³/mol. The average Bonchev–Trinajstić information content (AvgIpc) is 2.37. The Balaban J connectivity index is 2.59. The summed E-state index contributed by atoms with van der Waals surface area (Å²) < 4.78 is 18.4. The van der Waals surface area contributed by atoms with Crippen LogP contribution in [0.5, 0.6) is 0 Å². The molecule has 0 aliphatic carbocycles. The Bertz CT molecular complexity index is 495. The summed E-state index contributed by atoms with van der Waals surface area (Å²) in [6, 6.07) is 3.34. The minimum Gasteiger partial charge on any atom is -0.478 e. The third kappa shape index (κ3) is 5.18. The number of methoxy groups -OCH3 is 1. The van der Waals surface area contributed by atoms with Crippen molar-refractivity contribution < 1.29 is 23.8 Å². The predicted octanol–water partition coefficient (Wildman–Crippen LogP) is 1.77. The molecule has 1 aromatic carbocycles. The van der Waals surface area contributed by atoms with Crippen LogP contribution in [0, 0.1) is 5.82 Å². The van der Waals surface area contributed by atoms with Gasteiger partial charge in [0.15, 0.2) is 0 Å². The monoisotopic (exact) mass is 301 g/mol. The van der Waals surface area contributed by atoms with Crippen molar-refractivity contribution in [1.29, 1.82) is 0 Å². The summed E-state index contributed by atoms with van der Waals surface area (Å²) in [5, 5.41) is 11.5. The van der Waals surface area contributed by atoms with Gasteiger partial charge in [-0.05, 0) is 25.1 Å². The summed E-state index contributed by atoms with van der Waals surface area (Å²) in [6.45, 7) is 2.18. The normalized spacial score (nSPS) is 11.9. The second kappa shape index (κ2) is 7.86. The number of hydrogen-bond donors (Lipinski definition) is 2. The Morgan fingerprint density at radius 3 is 2.80 bits per heavy atom. The number of hydrogen-bond acceptors (Lipinski definition) is 4. The molecule has 0 heterocycles. The summed E-state index contributed by atoms with van der Waals surface area (Å²) in [7, 11) is 1.53. The fraction of sp³-hybridized carbons (Fsp3) is 0.385. The first-order valence-corrected chi connectivity index (χ1v) is 6.86. The molecule has 0 spiro atoms. The van der Waals surface area contributed by atoms with E-state index >= 15 is 0 Å². The zero-order valence-electron chi connectivity index (χ0n) is 11.2. The molecule has 1 atom stereocenters. The Morgan fingerprint density at radius 2 is 2.20 bits per heavy atom. The largest absolute Gasteiger partial charge is 0.478 e. The Kier molecular flexibility index (Phi) is 6.47. The lowest BCUT2D eigenvalue weighted by atomic mass is 10.2. The number of benzene rings is 1. The van der Waals surface area contributed by atoms with Gasteiger partial charge in [-0.3, -0.25) is 4.79 Å². The molecule has 0 bridgehead atoms. The number of carbonyl (C=O) groups is 2. The molecule has 110 valence electrons. The summed E-state index contributed by atoms with van der Waals surface area (Å²) in [4.78, 5) is 22.5. The van der Waals surface area contributed by atoms with E-state index in [1.54, 1.807) is 6.92 Å². The molecule has 1 aromatic rings. The number of carbonyl (C=O) groups excluding carboxylic acids is 1. The van der Waals surface area contributed by atoms with Gasteiger partial charge >= 0.3 is 5.97 Å². The first-order valence-electron chi connectivity index (χ1n) is 5.88. The van der Waals surface area contributed by atoms with Crippen LogP contribution >= 0.6 is 11.8 Å². The van der Waals surface area contributed by atoms with Crippen LogP contribution in [0.2, 0.25) is 0 Å². The van der Waals surface area contributed by atoms with Crippen molar-refractivity contribution >= 4 is 23.6 Å². The molecule has 0 aromatic heterocycles. The third-order valence-corrected chi connectivity index (χ3v) is 3.39. The van der Waals surface area contributed by atoms with Gasteiger partial charge in [-0.1, -0.05) is 0 Å². The summed E-state index contributed by atoms with van der Waals surface area (Å²) in [5.74, 6) is -1.93. The van der Waals surface area contributed by atoms with Crippen molar-refractivity contribution in [2.75, 3.05) is 19.5 Å². The Hall–Kier alpha value is -1.60. The van der Waals surface area contributed by atoms with E-state index in [1.165, 1.54) is 19.2 Å². The first kappa shape index (κ1) is 16.5. The van der Waals surface area contributed by atoms with Crippen LogP contribution in [0.15, 0.2) is 23.1 Å². The zero-order chi connectivity index (χ0) is 15.1. The van der Waals surface area contributed by atoms with Gasteiger partial charge in [0.2, 0.25) is 5.91 Å². The molecule has 0 saturated carbocycles. The van der Waals surface area contributed by atoms with Crippen LogP contribution in [0.1, 0.15) is 17.3 Å². The van der Waals surface area contributed by atoms with Crippen LogP contribution in [-0.2, 0) is 9.53 Å². The van der Waals surface area contributed by atoms with E-state index in [0.717, 1.165) is 17.8 Å². The lowest BCUT2D eigenvalue weighted by molar-refractivity contribution is -0.119. The number of halogens is 1. The number of nitrogens with one attached hydrogen (secondary N) is 1. The first-order chi connectivity index (χ1) is 9.43. The van der Waals surface area contributed by atoms with Crippen LogP contribution in [0.25, 0.3) is 0 Å². The van der Waals surface area contributed by atoms with Crippen LogP contribution in [0.3, 0.4) is 0 Å². The van der Waals surface area contributed by atoms with E-state index in [2.05, 4.69) is 5.32 Å². The molecule has 0 aliphatic heterocycles. The number of ether oxygens (including phenoxy) is 1. The molecule has 0 radical (unpaired) electrons. The maximum atomic E-state index is 13.5. The molecule has 1 unspecified atom stereocenters. The van der Waals surface area contributed by atoms with Crippen molar-refractivity contribution in [3.8, 4) is 0 Å². The highest BCUT2D eigenvalue weighted by molar-refractivity contribution is 8.00. The third-order valence-electron chi connectivity index (χ3n) is 2.36. The van der Waals surface area contributed by atoms with Crippen molar-refractivity contribution in [2.24, 2.45) is 0 Å². The Labute approximate surface area is 120 Å². The lowest BCUT2D eigenvalue weighted by Crippen LogP contribution is -2.36. The maximum Gasteiger partial charge on any atom is 0.335 e. The number of aromatic carboxylic acids is 1. The lowest BCUT2D eigenvalue weighted by Gasteiger charge is -2.12. The molecular formula is C13H16FNO4S. The Morgan fingerprint density at radius 1 is 1.50 bits per heavy atom. The van der Waals surface area contributed by atoms with Crippen LogP contribution < -0.4 is 5.32 Å². The quantitative estimate of drug-likeness (QED) is 0.751. The fourth-order valence-electron chi connectivity index (χ4n) is 1.50. The average molecular weight is 301 g/mol. The smallest absolute Gasteiger partial charge is 0.335 e. The minimum absolute atomic E-state index is 0.00798. The molecule has 2 N–H and O–H groups in total. The number of rotatable bonds is 7. The second-order valence-corrected chi connectivity index (χ2v) is 5.18. The van der Waals surface area contributed by atoms with Gasteiger partial charge in [0.05, 0.1) is 17.9 Å². The van der Waals surface area contributed by atoms with Gasteiger partial charge in [-0.25, -0.2) is 9.18 Å². The molecule has 1 amide bonds. The van der Waals surface area contributed by atoms with Crippen molar-refractivity contribution in [3.63, 3.8) is 0 Å². The molecule has 5 nitrogen and oxygen atoms in total. The topological polar surface area (TPSA) is 75.6 Å². The SMILES string of the molecule is COCC(C)NC(=O)CSc1cc(C(=O)O)ccc1F. The van der Waals surface area contributed by atoms with Gasteiger partial charge in [-0.2, -0.15) is 0 Å². The van der Waals surface area contributed by atoms with E-state index in [0.29, 0.717) is 6.61 Å². The van der Waals surface area contributed by atoms with E-state index in [9.17, 15) is 14.0 Å². The highest BCUT2D eigenvalue weighted by atomic mass is 32.2. The van der Waals surface area contributed by atoms with Gasteiger partial charge in [0.25, 0.3) is 0 Å². The molecule has 7 heteroatoms. The number of carboxylic acid groups (broad SMARTS) is 1. The van der Waals surface area contributed by atoms with E-state index in [4.69, 9.17) is 9.84 Å². The van der Waals surface area contributed by atoms with Crippen molar-refractivity contribution in [2.45, 2.75) is 17.9 Å². The summed E-state index contributed by atoms with van der Waals surface area (Å²) in [5.41, 5.74) is -0.0120. The summed E-state index contributed by atoms with van der Waals surface area (Å²) >= 11 is 0.956. The standard InChI is InChI=1S/C13H16FNO4S/c1-8(6-19-2)15-12(16)7-20-11-5-9(13(17)18)3-4-10(11)14/h3-5,8H,6-7H2,1-2H3,(H,15,16)(H,17,18). The maximum absolute atomic E-state index is 13.5. The minimum atomic E-state index is -1.13. The van der Waals surface area contributed by atoms with Crippen LogP contribution in [0.4, 0.5) is 4.39 Å². The van der Waals surface area contributed by atoms with Gasteiger partial charge < -0.3 is 15.2 Å². The fourth-order valence-corrected chi connectivity index (χ4v) is 2.28. The van der Waals surface area contributed by atoms with Gasteiger partial charge in [0.1, 0.15) is 5.82 Å². The van der Waals surface area contributed by atoms with Crippen molar-refractivity contribution in [1.82, 2.24) is 5.32 Å². The molecule has 0 fully saturated rings. The van der Waals surface area contributed by atoms with Gasteiger partial charge in [-0.15, -0.1) is 11.8 Å². The van der Waals surface area contributed by atoms with E-state index in [1.807, 2.05) is 0 Å². The highest BCUT2D eigenvalue weighted by Gasteiger charge is 2.12. The number of thioether (sulfide) groups is 1. The molecule has 1 rings (SSSR count). The highest BCUT2D eigenvalue weighted by Crippen LogP contribution is 2.23. The number of carboxylic acids is 1. The van der Waals surface area contributed by atoms with E-state index in [-0.39, 0.29) is 28.2 Å². The molecule has 0 aliphatic rings. The second-order valence-electron chi connectivity index (χ2n) is 4.16. The van der Waals surface area contributed by atoms with E-state index < -0.39 is 11.8 Å². The molecule has 20 heavy (non-hydrogen) atoms. The van der Waals surface area contributed by atoms with Crippen LogP contribution in [-0.4, -0.2) is 42.5 Å². The molecule has 0 saturated heterocycles. The molecular weight excluding hydrogens is 285 g/mol. The number of amides is 1. The van der Waals surface area contributed by atoms with Gasteiger partial charge in [0, 0.05) is 18.0 Å².